The van der Waals surface area contributed by atoms with Crippen LogP contribution in [0.15, 0.2) is 30.6 Å². The van der Waals surface area contributed by atoms with Crippen molar-refractivity contribution in [1.82, 2.24) is 24.8 Å². The van der Waals surface area contributed by atoms with Gasteiger partial charge in [0.05, 0.1) is 29.4 Å². The zero-order chi connectivity index (χ0) is 32.3. The summed E-state index contributed by atoms with van der Waals surface area (Å²) in [5.41, 5.74) is -2.03. The molecule has 3 heterocycles. The predicted molar refractivity (Wildman–Crippen MR) is 124 cm³/mol. The summed E-state index contributed by atoms with van der Waals surface area (Å²) < 4.78 is 139. The van der Waals surface area contributed by atoms with E-state index in [-0.39, 0.29) is 17.4 Å². The summed E-state index contributed by atoms with van der Waals surface area (Å²) in [6.45, 7) is -1.80. The molecule has 234 valence electrons. The van der Waals surface area contributed by atoms with Crippen molar-refractivity contribution in [2.24, 2.45) is 0 Å². The van der Waals surface area contributed by atoms with E-state index in [9.17, 15) is 58.6 Å². The molecule has 0 spiro atoms. The van der Waals surface area contributed by atoms with E-state index in [4.69, 9.17) is 5.73 Å². The highest BCUT2D eigenvalue weighted by molar-refractivity contribution is 5.98. The number of fused-ring (bicyclic) bond motifs is 1. The van der Waals surface area contributed by atoms with Crippen LogP contribution < -0.4 is 15.8 Å². The number of carbonyl (C=O) groups excluding carboxylic acids is 2. The van der Waals surface area contributed by atoms with E-state index >= 15 is 0 Å². The highest BCUT2D eigenvalue weighted by Gasteiger charge is 2.58. The molecule has 4 rings (SSSR count). The van der Waals surface area contributed by atoms with Crippen LogP contribution in [-0.4, -0.2) is 79.9 Å². The van der Waals surface area contributed by atoms with Gasteiger partial charge in [-0.1, -0.05) is 0 Å². The fraction of sp³-hybridized carbons (Fsp3) is 0.391. The van der Waals surface area contributed by atoms with Crippen molar-refractivity contribution >= 4 is 23.1 Å². The second-order valence-electron chi connectivity index (χ2n) is 9.48. The number of carbonyl (C=O) groups is 2. The number of anilines is 1. The van der Waals surface area contributed by atoms with Crippen LogP contribution in [0.25, 0.3) is 16.8 Å². The number of likely N-dealkylation sites (tertiary alicyclic amines) is 1. The summed E-state index contributed by atoms with van der Waals surface area (Å²) in [4.78, 5) is 29.0. The number of rotatable bonds is 5. The molecule has 3 aromatic rings. The minimum atomic E-state index is -5.44. The first-order valence-corrected chi connectivity index (χ1v) is 11.7. The van der Waals surface area contributed by atoms with Gasteiger partial charge in [-0.2, -0.15) is 31.4 Å². The molecule has 0 saturated carbocycles. The lowest BCUT2D eigenvalue weighted by atomic mass is 10.0. The average Bonchev–Trinajstić information content (AvgIpc) is 3.44. The number of nitrogens with one attached hydrogen (secondary N) is 1. The second-order valence-corrected chi connectivity index (χ2v) is 9.48. The Morgan fingerprint density at radius 1 is 1.07 bits per heavy atom. The van der Waals surface area contributed by atoms with Gasteiger partial charge in [-0.3, -0.25) is 9.59 Å². The number of hydrogen-bond donors (Lipinski definition) is 3. The van der Waals surface area contributed by atoms with Crippen LogP contribution >= 0.6 is 0 Å². The first-order valence-electron chi connectivity index (χ1n) is 11.7. The van der Waals surface area contributed by atoms with Crippen LogP contribution in [0.2, 0.25) is 0 Å². The Hall–Kier alpha value is -4.36. The molecule has 43 heavy (non-hydrogen) atoms. The summed E-state index contributed by atoms with van der Waals surface area (Å²) in [7, 11) is 0. The van der Waals surface area contributed by atoms with Gasteiger partial charge in [0.25, 0.3) is 11.8 Å². The number of hydrogen-bond acceptors (Lipinski definition) is 7. The maximum Gasteiger partial charge on any atom is 0.573 e. The largest absolute Gasteiger partial charge is 0.573 e. The second kappa shape index (κ2) is 10.4. The Balaban J connectivity index is 1.71. The minimum absolute atomic E-state index is 0.134. The topological polar surface area (TPSA) is 135 Å². The number of aromatic nitrogens is 3. The molecule has 2 amide bonds. The first kappa shape index (κ1) is 31.6. The normalized spacial score (nSPS) is 19.4. The Labute approximate surface area is 233 Å². The van der Waals surface area contributed by atoms with Gasteiger partial charge < -0.3 is 25.8 Å². The van der Waals surface area contributed by atoms with Gasteiger partial charge in [0, 0.05) is 12.1 Å². The molecule has 0 bridgehead atoms. The van der Waals surface area contributed by atoms with Crippen LogP contribution in [0.5, 0.6) is 5.75 Å². The van der Waals surface area contributed by atoms with Crippen molar-refractivity contribution < 1.29 is 63.3 Å². The van der Waals surface area contributed by atoms with Crippen LogP contribution in [-0.2, 0) is 11.0 Å². The number of nitrogens with zero attached hydrogens (tertiary/aromatic N) is 4. The highest BCUT2D eigenvalue weighted by atomic mass is 19.4. The van der Waals surface area contributed by atoms with Gasteiger partial charge in [0.2, 0.25) is 5.60 Å². The number of halogens is 10. The average molecular weight is 632 g/mol. The third-order valence-corrected chi connectivity index (χ3v) is 6.45. The van der Waals surface area contributed by atoms with Crippen molar-refractivity contribution in [3.8, 4) is 17.0 Å². The number of nitrogens with two attached hydrogens (primary N) is 1. The number of nitrogen functional groups attached to an aromatic ring is 1. The Morgan fingerprint density at radius 2 is 1.72 bits per heavy atom. The molecule has 20 heteroatoms. The molecule has 4 N–H and O–H groups in total. The first-order chi connectivity index (χ1) is 19.6. The maximum atomic E-state index is 14.7. The van der Waals surface area contributed by atoms with E-state index in [1.807, 2.05) is 5.32 Å². The van der Waals surface area contributed by atoms with Gasteiger partial charge >= 0.3 is 18.7 Å². The summed E-state index contributed by atoms with van der Waals surface area (Å²) in [5, 5.41) is 15.2. The van der Waals surface area contributed by atoms with E-state index in [2.05, 4.69) is 14.8 Å². The van der Waals surface area contributed by atoms with Crippen molar-refractivity contribution in [2.75, 3.05) is 18.8 Å². The van der Waals surface area contributed by atoms with Crippen LogP contribution in [0.1, 0.15) is 22.8 Å². The van der Waals surface area contributed by atoms with Crippen LogP contribution in [0, 0.1) is 0 Å². The van der Waals surface area contributed by atoms with Gasteiger partial charge in [-0.05, 0) is 31.2 Å². The molecule has 1 aliphatic heterocycles. The number of ether oxygens (including phenoxy) is 1. The Kier molecular flexibility index (Phi) is 7.65. The highest BCUT2D eigenvalue weighted by Crippen LogP contribution is 2.40. The molecular formula is C23H18F10N6O4. The van der Waals surface area contributed by atoms with Crippen molar-refractivity contribution in [3.05, 3.63) is 41.7 Å². The van der Waals surface area contributed by atoms with Crippen LogP contribution in [0.4, 0.5) is 49.7 Å². The molecule has 1 aliphatic rings. The standard InChI is InChI=1S/C23H18F10N6O4/c1-20(42,22(28,29)30)19(41)38-6-12(24)13(7-38)37-18(40)10-4-9(2-3-15(10)43-23(31,32)33)14-5-11(21(25,26)27)16-17(34)35-8-36-39(14)16/h2-5,8,12-13,42H,6-7H2,1H3,(H,37,40)(H2,34,35,36)/t12-,13+,20+/m0/s1. The van der Waals surface area contributed by atoms with E-state index in [0.29, 0.717) is 22.7 Å². The maximum absolute atomic E-state index is 14.7. The third kappa shape index (κ3) is 6.09. The van der Waals surface area contributed by atoms with Gasteiger partial charge in [-0.25, -0.2) is 13.9 Å². The lowest BCUT2D eigenvalue weighted by Gasteiger charge is -2.29. The predicted octanol–water partition coefficient (Wildman–Crippen LogP) is 3.49. The summed E-state index contributed by atoms with van der Waals surface area (Å²) in [5.74, 6) is -5.19. The lowest BCUT2D eigenvalue weighted by Crippen LogP contribution is -2.56. The molecule has 0 aliphatic carbocycles. The molecule has 1 saturated heterocycles. The molecular weight excluding hydrogens is 614 g/mol. The summed E-state index contributed by atoms with van der Waals surface area (Å²) in [6, 6.07) is 0.919. The van der Waals surface area contributed by atoms with Gasteiger partial charge in [0.1, 0.15) is 23.8 Å². The van der Waals surface area contributed by atoms with E-state index in [1.54, 1.807) is 0 Å². The molecule has 1 fully saturated rings. The molecule has 1 aromatic carbocycles. The SMILES string of the molecule is C[C@@](O)(C(=O)N1C[C@H](F)[C@H](NC(=O)c2cc(-c3cc(C(F)(F)F)c4c(N)ncnn34)ccc2OC(F)(F)F)C1)C(F)(F)F. The van der Waals surface area contributed by atoms with E-state index < -0.39 is 95.3 Å². The van der Waals surface area contributed by atoms with Gasteiger partial charge in [0.15, 0.2) is 5.82 Å². The number of alkyl halides is 10. The molecule has 0 radical (unpaired) electrons. The van der Waals surface area contributed by atoms with E-state index in [0.717, 1.165) is 12.4 Å². The Bertz CT molecular complexity index is 1570. The zero-order valence-electron chi connectivity index (χ0n) is 21.3. The molecule has 2 aromatic heterocycles. The lowest BCUT2D eigenvalue weighted by molar-refractivity contribution is -0.274. The molecule has 10 nitrogen and oxygen atoms in total. The van der Waals surface area contributed by atoms with E-state index in [1.165, 1.54) is 0 Å². The molecule has 3 atom stereocenters. The van der Waals surface area contributed by atoms with Gasteiger partial charge in [-0.15, -0.1) is 13.2 Å². The monoisotopic (exact) mass is 632 g/mol. The number of aliphatic hydroxyl groups is 1. The van der Waals surface area contributed by atoms with Crippen LogP contribution in [0.3, 0.4) is 0 Å². The fourth-order valence-electron chi connectivity index (χ4n) is 4.31. The fourth-order valence-corrected chi connectivity index (χ4v) is 4.31. The van der Waals surface area contributed by atoms with Crippen molar-refractivity contribution in [2.45, 2.75) is 43.5 Å². The zero-order valence-corrected chi connectivity index (χ0v) is 21.3. The smallest absolute Gasteiger partial charge is 0.405 e. The quantitative estimate of drug-likeness (QED) is 0.367. The third-order valence-electron chi connectivity index (χ3n) is 6.45. The van der Waals surface area contributed by atoms with Crippen molar-refractivity contribution in [1.29, 1.82) is 0 Å². The molecule has 0 unspecified atom stereocenters. The summed E-state index contributed by atoms with van der Waals surface area (Å²) >= 11 is 0. The Morgan fingerprint density at radius 3 is 2.30 bits per heavy atom. The minimum Gasteiger partial charge on any atom is -0.405 e. The summed E-state index contributed by atoms with van der Waals surface area (Å²) in [6.07, 6.45) is -17.2. The number of amides is 2. The van der Waals surface area contributed by atoms with Crippen molar-refractivity contribution in [3.63, 3.8) is 0 Å². The number of benzene rings is 1.